The molecular formula is C17H22NO+. The standard InChI is InChI=1S/C17H21NO/c1-3-18(4-2)17-12-8-11-14(17)15(16(17)19)13-9-6-5-7-10-13/h5-11,14-15H,3-4,12H2,1-2H3/p+1/t14-,15+,17+/m0/s1. The van der Waals surface area contributed by atoms with Crippen molar-refractivity contribution < 1.29 is 9.69 Å². The molecule has 0 unspecified atom stereocenters. The number of fused-ring (bicyclic) bond motifs is 1. The fourth-order valence-corrected chi connectivity index (χ4v) is 4.16. The second-order valence-electron chi connectivity index (χ2n) is 5.69. The molecule has 0 heterocycles. The van der Waals surface area contributed by atoms with Crippen molar-refractivity contribution in [2.75, 3.05) is 13.1 Å². The van der Waals surface area contributed by atoms with E-state index < -0.39 is 0 Å². The molecule has 2 aliphatic rings. The molecule has 1 aromatic rings. The Labute approximate surface area is 115 Å². The van der Waals surface area contributed by atoms with Crippen LogP contribution >= 0.6 is 0 Å². The first kappa shape index (κ1) is 12.6. The molecule has 0 amide bonds. The number of carbonyl (C=O) groups is 1. The van der Waals surface area contributed by atoms with Crippen molar-refractivity contribution in [2.45, 2.75) is 31.7 Å². The third kappa shape index (κ3) is 1.56. The summed E-state index contributed by atoms with van der Waals surface area (Å²) in [6.07, 6.45) is 5.43. The molecule has 2 aliphatic carbocycles. The number of likely N-dealkylation sites (N-methyl/N-ethyl adjacent to an activating group) is 1. The summed E-state index contributed by atoms with van der Waals surface area (Å²) >= 11 is 0. The lowest BCUT2D eigenvalue weighted by atomic mass is 9.56. The van der Waals surface area contributed by atoms with Crippen LogP contribution in [-0.2, 0) is 4.79 Å². The van der Waals surface area contributed by atoms with E-state index in [2.05, 4.69) is 38.1 Å². The summed E-state index contributed by atoms with van der Waals surface area (Å²) in [5, 5.41) is 0. The molecule has 0 spiro atoms. The van der Waals surface area contributed by atoms with E-state index in [1.807, 2.05) is 18.2 Å². The summed E-state index contributed by atoms with van der Waals surface area (Å²) in [4.78, 5) is 14.3. The van der Waals surface area contributed by atoms with E-state index in [0.717, 1.165) is 19.5 Å². The fraction of sp³-hybridized carbons (Fsp3) is 0.471. The van der Waals surface area contributed by atoms with Gasteiger partial charge in [0.1, 0.15) is 0 Å². The zero-order chi connectivity index (χ0) is 13.5. The molecule has 0 bridgehead atoms. The average molecular weight is 256 g/mol. The van der Waals surface area contributed by atoms with Gasteiger partial charge >= 0.3 is 0 Å². The number of rotatable bonds is 4. The number of ketones is 1. The number of carbonyl (C=O) groups excluding carboxylic acids is 1. The van der Waals surface area contributed by atoms with Gasteiger partial charge in [0.05, 0.1) is 24.9 Å². The SMILES string of the molecule is CC[NH+](CC)[C@]12CC=C[C@H]1[C@@H](c1ccccc1)C2=O. The van der Waals surface area contributed by atoms with Gasteiger partial charge in [0.2, 0.25) is 5.78 Å². The van der Waals surface area contributed by atoms with Gasteiger partial charge in [-0.15, -0.1) is 0 Å². The molecule has 19 heavy (non-hydrogen) atoms. The first-order valence-corrected chi connectivity index (χ1v) is 7.36. The van der Waals surface area contributed by atoms with Gasteiger partial charge in [-0.2, -0.15) is 0 Å². The second-order valence-corrected chi connectivity index (χ2v) is 5.69. The third-order valence-electron chi connectivity index (χ3n) is 5.08. The van der Waals surface area contributed by atoms with Gasteiger partial charge in [-0.05, 0) is 19.4 Å². The minimum atomic E-state index is -0.149. The zero-order valence-electron chi connectivity index (χ0n) is 11.7. The Balaban J connectivity index is 1.94. The van der Waals surface area contributed by atoms with Crippen LogP contribution in [0.5, 0.6) is 0 Å². The van der Waals surface area contributed by atoms with Crippen molar-refractivity contribution >= 4 is 5.78 Å². The summed E-state index contributed by atoms with van der Waals surface area (Å²) in [6, 6.07) is 10.3. The molecular weight excluding hydrogens is 234 g/mol. The highest BCUT2D eigenvalue weighted by Crippen LogP contribution is 2.51. The number of quaternary nitrogens is 1. The highest BCUT2D eigenvalue weighted by Gasteiger charge is 2.68. The maximum atomic E-state index is 12.9. The van der Waals surface area contributed by atoms with E-state index in [-0.39, 0.29) is 11.5 Å². The lowest BCUT2D eigenvalue weighted by molar-refractivity contribution is -0.945. The molecule has 3 atom stereocenters. The number of Topliss-reactive ketones (excluding diaryl/α,β-unsaturated/α-hetero) is 1. The summed E-state index contributed by atoms with van der Waals surface area (Å²) in [5.74, 6) is 0.942. The maximum Gasteiger partial charge on any atom is 0.202 e. The highest BCUT2D eigenvalue weighted by atomic mass is 16.1. The average Bonchev–Trinajstić information content (AvgIpc) is 2.82. The van der Waals surface area contributed by atoms with Crippen LogP contribution in [0.4, 0.5) is 0 Å². The minimum Gasteiger partial charge on any atom is -0.324 e. The molecule has 1 N–H and O–H groups in total. The zero-order valence-corrected chi connectivity index (χ0v) is 11.7. The van der Waals surface area contributed by atoms with Gasteiger partial charge in [0.25, 0.3) is 0 Å². The second kappa shape index (κ2) is 4.61. The molecule has 0 aliphatic heterocycles. The molecule has 2 heteroatoms. The molecule has 1 fully saturated rings. The summed E-state index contributed by atoms with van der Waals surface area (Å²) in [6.45, 7) is 6.43. The number of nitrogens with one attached hydrogen (secondary N) is 1. The van der Waals surface area contributed by atoms with Crippen LogP contribution in [0, 0.1) is 5.92 Å². The van der Waals surface area contributed by atoms with Crippen LogP contribution in [0.3, 0.4) is 0 Å². The molecule has 2 nitrogen and oxygen atoms in total. The Morgan fingerprint density at radius 1 is 1.21 bits per heavy atom. The Hall–Kier alpha value is -1.41. The van der Waals surface area contributed by atoms with E-state index in [1.54, 1.807) is 0 Å². The van der Waals surface area contributed by atoms with Gasteiger partial charge in [0.15, 0.2) is 5.54 Å². The van der Waals surface area contributed by atoms with Crippen molar-refractivity contribution in [1.82, 2.24) is 0 Å². The van der Waals surface area contributed by atoms with Crippen LogP contribution in [0.25, 0.3) is 0 Å². The number of benzene rings is 1. The van der Waals surface area contributed by atoms with E-state index in [0.29, 0.717) is 11.7 Å². The largest absolute Gasteiger partial charge is 0.324 e. The van der Waals surface area contributed by atoms with E-state index in [1.165, 1.54) is 10.5 Å². The molecule has 1 saturated carbocycles. The van der Waals surface area contributed by atoms with Crippen LogP contribution in [-0.4, -0.2) is 24.4 Å². The maximum absolute atomic E-state index is 12.9. The van der Waals surface area contributed by atoms with Crippen molar-refractivity contribution in [2.24, 2.45) is 5.92 Å². The van der Waals surface area contributed by atoms with Gasteiger partial charge in [-0.1, -0.05) is 42.5 Å². The smallest absolute Gasteiger partial charge is 0.202 e. The van der Waals surface area contributed by atoms with E-state index >= 15 is 0 Å². The first-order valence-electron chi connectivity index (χ1n) is 7.36. The van der Waals surface area contributed by atoms with Crippen molar-refractivity contribution in [1.29, 1.82) is 0 Å². The molecule has 0 saturated heterocycles. The normalized spacial score (nSPS) is 32.5. The summed E-state index contributed by atoms with van der Waals surface area (Å²) < 4.78 is 0. The fourth-order valence-electron chi connectivity index (χ4n) is 4.16. The lowest BCUT2D eigenvalue weighted by Gasteiger charge is -2.52. The van der Waals surface area contributed by atoms with Gasteiger partial charge in [0, 0.05) is 6.42 Å². The predicted octanol–water partition coefficient (Wildman–Crippen LogP) is 1.59. The van der Waals surface area contributed by atoms with E-state index in [9.17, 15) is 4.79 Å². The predicted molar refractivity (Wildman–Crippen MR) is 76.2 cm³/mol. The van der Waals surface area contributed by atoms with Gasteiger partial charge < -0.3 is 4.90 Å². The number of hydrogen-bond donors (Lipinski definition) is 1. The topological polar surface area (TPSA) is 21.5 Å². The lowest BCUT2D eigenvalue weighted by Crippen LogP contribution is -3.23. The summed E-state index contributed by atoms with van der Waals surface area (Å²) in [7, 11) is 0. The Bertz CT molecular complexity index is 503. The van der Waals surface area contributed by atoms with Gasteiger partial charge in [-0.25, -0.2) is 0 Å². The Kier molecular flexibility index (Phi) is 3.06. The quantitative estimate of drug-likeness (QED) is 0.812. The van der Waals surface area contributed by atoms with Crippen LogP contribution in [0.1, 0.15) is 31.7 Å². The molecule has 1 aromatic carbocycles. The van der Waals surface area contributed by atoms with Crippen molar-refractivity contribution in [3.63, 3.8) is 0 Å². The molecule has 100 valence electrons. The molecule has 3 rings (SSSR count). The minimum absolute atomic E-state index is 0.0908. The first-order chi connectivity index (χ1) is 9.25. The third-order valence-corrected chi connectivity index (χ3v) is 5.08. The number of hydrogen-bond acceptors (Lipinski definition) is 1. The van der Waals surface area contributed by atoms with Crippen LogP contribution < -0.4 is 4.90 Å². The monoisotopic (exact) mass is 256 g/mol. The Morgan fingerprint density at radius 3 is 2.53 bits per heavy atom. The Morgan fingerprint density at radius 2 is 1.89 bits per heavy atom. The van der Waals surface area contributed by atoms with E-state index in [4.69, 9.17) is 0 Å². The van der Waals surface area contributed by atoms with Crippen LogP contribution in [0.2, 0.25) is 0 Å². The molecule has 0 aromatic heterocycles. The van der Waals surface area contributed by atoms with Gasteiger partial charge in [-0.3, -0.25) is 4.79 Å². The van der Waals surface area contributed by atoms with Crippen molar-refractivity contribution in [3.8, 4) is 0 Å². The highest BCUT2D eigenvalue weighted by molar-refractivity contribution is 6.01. The molecule has 0 radical (unpaired) electrons. The van der Waals surface area contributed by atoms with Crippen molar-refractivity contribution in [3.05, 3.63) is 48.0 Å². The van der Waals surface area contributed by atoms with Crippen LogP contribution in [0.15, 0.2) is 42.5 Å². The summed E-state index contributed by atoms with van der Waals surface area (Å²) in [5.41, 5.74) is 1.04.